The molecule has 1 N–H and O–H groups in total. The van der Waals surface area contributed by atoms with Crippen LogP contribution < -0.4 is 0 Å². The van der Waals surface area contributed by atoms with Crippen LogP contribution in [0.4, 0.5) is 17.6 Å². The Kier molecular flexibility index (Phi) is 4.05. The van der Waals surface area contributed by atoms with Crippen LogP contribution in [0.2, 0.25) is 0 Å². The van der Waals surface area contributed by atoms with Crippen LogP contribution in [0, 0.1) is 18.7 Å². The average molecular weight is 417 g/mol. The molecule has 0 atom stereocenters. The number of rotatable bonds is 3. The molecule has 3 heterocycles. The number of aromatic amines is 1. The lowest BCUT2D eigenvalue weighted by atomic mass is 10.0. The molecule has 0 radical (unpaired) electrons. The Balaban J connectivity index is 1.79. The van der Waals surface area contributed by atoms with Crippen molar-refractivity contribution in [3.05, 3.63) is 29.8 Å². The molecule has 0 spiro atoms. The van der Waals surface area contributed by atoms with Crippen LogP contribution in [0.25, 0.3) is 22.3 Å². The molecule has 1 saturated heterocycles. The van der Waals surface area contributed by atoms with Crippen LogP contribution in [0.3, 0.4) is 0 Å². The molecule has 0 aliphatic carbocycles. The van der Waals surface area contributed by atoms with E-state index in [0.29, 0.717) is 11.1 Å². The number of hydrogen-bond acceptors (Lipinski definition) is 4. The van der Waals surface area contributed by atoms with Crippen molar-refractivity contribution in [2.24, 2.45) is 13.0 Å². The van der Waals surface area contributed by atoms with Gasteiger partial charge in [-0.05, 0) is 24.6 Å². The van der Waals surface area contributed by atoms with Gasteiger partial charge < -0.3 is 4.98 Å². The number of sulfonamides is 1. The third-order valence-electron chi connectivity index (χ3n) is 4.79. The largest absolute Gasteiger partial charge is 0.394 e. The molecule has 1 aliphatic rings. The zero-order valence-electron chi connectivity index (χ0n) is 14.7. The predicted octanol–water partition coefficient (Wildman–Crippen LogP) is 2.59. The quantitative estimate of drug-likeness (QED) is 0.664. The summed E-state index contributed by atoms with van der Waals surface area (Å²) in [6.07, 6.45) is -3.00. The van der Waals surface area contributed by atoms with Crippen molar-refractivity contribution in [1.29, 1.82) is 0 Å². The number of nitrogens with one attached hydrogen (secondary N) is 1. The highest BCUT2D eigenvalue weighted by atomic mass is 32.2. The third-order valence-corrected chi connectivity index (χ3v) is 6.54. The number of hydrogen-bond donors (Lipinski definition) is 1. The van der Waals surface area contributed by atoms with Gasteiger partial charge in [0.05, 0.1) is 11.4 Å². The lowest BCUT2D eigenvalue weighted by Crippen LogP contribution is -2.55. The maximum Gasteiger partial charge on any atom is 0.394 e. The minimum absolute atomic E-state index is 0.0699. The maximum absolute atomic E-state index is 14.4. The fourth-order valence-corrected chi connectivity index (χ4v) is 4.76. The van der Waals surface area contributed by atoms with Gasteiger partial charge in [-0.15, -0.1) is 0 Å². The van der Waals surface area contributed by atoms with E-state index in [1.165, 1.54) is 23.1 Å². The normalized spacial score (nSPS) is 16.6. The first-order valence-electron chi connectivity index (χ1n) is 8.23. The number of halogens is 4. The van der Waals surface area contributed by atoms with Gasteiger partial charge in [0.2, 0.25) is 0 Å². The zero-order valence-corrected chi connectivity index (χ0v) is 15.6. The summed E-state index contributed by atoms with van der Waals surface area (Å²) in [4.78, 5) is 6.63. The molecule has 0 amide bonds. The SMILES string of the molecule is Cc1cc(F)c2[nH]c(S(=O)(=O)N3CC(C(F)(F)F)C3)cc2c1-c1ncn(C)n1. The number of aromatic nitrogens is 4. The van der Waals surface area contributed by atoms with Crippen molar-refractivity contribution in [2.75, 3.05) is 13.1 Å². The fourth-order valence-electron chi connectivity index (χ4n) is 3.23. The molecule has 12 heteroatoms. The van der Waals surface area contributed by atoms with Gasteiger partial charge in [-0.3, -0.25) is 4.68 Å². The molecule has 1 fully saturated rings. The summed E-state index contributed by atoms with van der Waals surface area (Å²) in [5.41, 5.74) is 0.881. The minimum Gasteiger partial charge on any atom is -0.342 e. The summed E-state index contributed by atoms with van der Waals surface area (Å²) < 4.78 is 80.0. The highest BCUT2D eigenvalue weighted by molar-refractivity contribution is 7.89. The van der Waals surface area contributed by atoms with Gasteiger partial charge >= 0.3 is 6.18 Å². The lowest BCUT2D eigenvalue weighted by Gasteiger charge is -2.38. The number of fused-ring (bicyclic) bond motifs is 1. The van der Waals surface area contributed by atoms with Gasteiger partial charge in [-0.2, -0.15) is 22.6 Å². The van der Waals surface area contributed by atoms with Crippen molar-refractivity contribution in [3.63, 3.8) is 0 Å². The second-order valence-electron chi connectivity index (χ2n) is 6.77. The molecule has 1 aromatic carbocycles. The van der Waals surface area contributed by atoms with Crippen LogP contribution in [-0.4, -0.2) is 51.7 Å². The van der Waals surface area contributed by atoms with Crippen molar-refractivity contribution in [2.45, 2.75) is 18.1 Å². The van der Waals surface area contributed by atoms with Crippen molar-refractivity contribution >= 4 is 20.9 Å². The number of benzene rings is 1. The summed E-state index contributed by atoms with van der Waals surface area (Å²) in [7, 11) is -2.56. The summed E-state index contributed by atoms with van der Waals surface area (Å²) in [5, 5.41) is 4.05. The smallest absolute Gasteiger partial charge is 0.342 e. The summed E-state index contributed by atoms with van der Waals surface area (Å²) in [5.74, 6) is -2.08. The summed E-state index contributed by atoms with van der Waals surface area (Å²) >= 11 is 0. The Labute approximate surface area is 157 Å². The maximum atomic E-state index is 14.4. The van der Waals surface area contributed by atoms with Gasteiger partial charge in [0.15, 0.2) is 5.82 Å². The highest BCUT2D eigenvalue weighted by Crippen LogP contribution is 2.38. The zero-order chi connectivity index (χ0) is 20.4. The molecule has 1 aliphatic heterocycles. The van der Waals surface area contributed by atoms with E-state index in [9.17, 15) is 26.0 Å². The summed E-state index contributed by atoms with van der Waals surface area (Å²) in [6.45, 7) is 0.327. The van der Waals surface area contributed by atoms with Crippen LogP contribution >= 0.6 is 0 Å². The predicted molar refractivity (Wildman–Crippen MR) is 91.3 cm³/mol. The molecule has 0 saturated carbocycles. The first-order valence-corrected chi connectivity index (χ1v) is 9.67. The van der Waals surface area contributed by atoms with Gasteiger partial charge in [0.1, 0.15) is 17.2 Å². The molecule has 0 bridgehead atoms. The van der Waals surface area contributed by atoms with E-state index in [2.05, 4.69) is 15.1 Å². The van der Waals surface area contributed by atoms with Crippen molar-refractivity contribution in [1.82, 2.24) is 24.1 Å². The second kappa shape index (κ2) is 6.01. The molecule has 150 valence electrons. The Hall–Kier alpha value is -2.47. The van der Waals surface area contributed by atoms with Gasteiger partial charge in [-0.25, -0.2) is 17.8 Å². The van der Waals surface area contributed by atoms with E-state index < -0.39 is 41.0 Å². The molecular formula is C16H15F4N5O2S. The van der Waals surface area contributed by atoms with Gasteiger partial charge in [0.25, 0.3) is 10.0 Å². The van der Waals surface area contributed by atoms with E-state index in [0.717, 1.165) is 4.31 Å². The second-order valence-corrected chi connectivity index (χ2v) is 8.68. The average Bonchev–Trinajstić information content (AvgIpc) is 3.11. The molecule has 2 aromatic heterocycles. The molecule has 4 rings (SSSR count). The Morgan fingerprint density at radius 2 is 1.93 bits per heavy atom. The molecule has 3 aromatic rings. The van der Waals surface area contributed by atoms with Gasteiger partial charge in [-0.1, -0.05) is 0 Å². The highest BCUT2D eigenvalue weighted by Gasteiger charge is 2.51. The molecular weight excluding hydrogens is 402 g/mol. The number of H-pyrrole nitrogens is 1. The van der Waals surface area contributed by atoms with Crippen molar-refractivity contribution in [3.8, 4) is 11.4 Å². The van der Waals surface area contributed by atoms with E-state index in [-0.39, 0.29) is 21.8 Å². The standard InChI is InChI=1S/C16H15F4N5O2S/c1-8-3-11(17)14-10(13(8)15-21-7-24(2)23-15)4-12(22-14)28(26,27)25-5-9(6-25)16(18,19)20/h3-4,7,9,22H,5-6H2,1-2H3. The Morgan fingerprint density at radius 3 is 2.50 bits per heavy atom. The Morgan fingerprint density at radius 1 is 1.25 bits per heavy atom. The lowest BCUT2D eigenvalue weighted by molar-refractivity contribution is -0.198. The van der Waals surface area contributed by atoms with E-state index in [1.807, 2.05) is 0 Å². The number of nitrogens with zero attached hydrogens (tertiary/aromatic N) is 4. The van der Waals surface area contributed by atoms with Crippen LogP contribution in [-0.2, 0) is 17.1 Å². The number of alkyl halides is 3. The topological polar surface area (TPSA) is 83.9 Å². The van der Waals surface area contributed by atoms with E-state index >= 15 is 0 Å². The van der Waals surface area contributed by atoms with Crippen molar-refractivity contribution < 1.29 is 26.0 Å². The fraction of sp³-hybridized carbons (Fsp3) is 0.375. The molecule has 28 heavy (non-hydrogen) atoms. The van der Waals surface area contributed by atoms with Gasteiger partial charge in [0, 0.05) is 31.1 Å². The minimum atomic E-state index is -4.45. The van der Waals surface area contributed by atoms with Crippen LogP contribution in [0.1, 0.15) is 5.56 Å². The third kappa shape index (κ3) is 2.87. The number of aryl methyl sites for hydroxylation is 2. The first-order chi connectivity index (χ1) is 13.0. The Bertz CT molecular complexity index is 1180. The molecule has 7 nitrogen and oxygen atoms in total. The van der Waals surface area contributed by atoms with E-state index in [4.69, 9.17) is 0 Å². The summed E-state index contributed by atoms with van der Waals surface area (Å²) in [6, 6.07) is 2.44. The first kappa shape index (κ1) is 18.9. The molecule has 0 unspecified atom stereocenters. The van der Waals surface area contributed by atoms with Crippen LogP contribution in [0.15, 0.2) is 23.5 Å². The van der Waals surface area contributed by atoms with Crippen LogP contribution in [0.5, 0.6) is 0 Å². The van der Waals surface area contributed by atoms with E-state index in [1.54, 1.807) is 14.0 Å². The monoisotopic (exact) mass is 417 g/mol.